The van der Waals surface area contributed by atoms with E-state index in [1.807, 2.05) is 4.40 Å². The van der Waals surface area contributed by atoms with Crippen LogP contribution in [0.25, 0.3) is 16.8 Å². The molecule has 3 heterocycles. The quantitative estimate of drug-likeness (QED) is 0.715. The van der Waals surface area contributed by atoms with E-state index in [9.17, 15) is 5.11 Å². The molecule has 0 aliphatic carbocycles. The van der Waals surface area contributed by atoms with Crippen LogP contribution in [0.1, 0.15) is 26.7 Å². The van der Waals surface area contributed by atoms with Crippen molar-refractivity contribution in [1.82, 2.24) is 24.5 Å². The summed E-state index contributed by atoms with van der Waals surface area (Å²) in [6.45, 7) is 6.57. The van der Waals surface area contributed by atoms with E-state index in [0.29, 0.717) is 34.3 Å². The molecular weight excluding hydrogens is 364 g/mol. The van der Waals surface area contributed by atoms with Gasteiger partial charge in [0.2, 0.25) is 5.95 Å². The number of fused-ring (bicyclic) bond motifs is 1. The van der Waals surface area contributed by atoms with Crippen LogP contribution in [-0.4, -0.2) is 54.8 Å². The van der Waals surface area contributed by atoms with Crippen LogP contribution in [0.4, 0.5) is 5.95 Å². The lowest BCUT2D eigenvalue weighted by Gasteiger charge is -2.35. The number of hydrogen-bond donors (Lipinski definition) is 2. The third kappa shape index (κ3) is 3.57. The van der Waals surface area contributed by atoms with E-state index in [2.05, 4.69) is 39.2 Å². The fraction of sp³-hybridized carbons (Fsp3) is 0.421. The molecule has 7 nitrogen and oxygen atoms in total. The minimum atomic E-state index is 0.0699. The maximum atomic E-state index is 10.3. The highest BCUT2D eigenvalue weighted by atomic mass is 35.5. The molecule has 1 aliphatic rings. The van der Waals surface area contributed by atoms with Crippen molar-refractivity contribution < 1.29 is 5.11 Å². The zero-order valence-electron chi connectivity index (χ0n) is 15.4. The first-order chi connectivity index (χ1) is 13.0. The van der Waals surface area contributed by atoms with Gasteiger partial charge in [-0.05, 0) is 51.4 Å². The van der Waals surface area contributed by atoms with Crippen molar-refractivity contribution in [2.45, 2.75) is 38.8 Å². The molecule has 1 aromatic carbocycles. The molecule has 0 radical (unpaired) electrons. The Balaban J connectivity index is 1.65. The molecule has 1 fully saturated rings. The van der Waals surface area contributed by atoms with Crippen LogP contribution in [0.5, 0.6) is 5.75 Å². The SMILES string of the molecule is CC(C)N1CCC[C@@H](Nc2nnc(-c3ccc(Cl)cc3O)c3cncn23)C1. The number of phenolic OH excluding ortho intramolecular Hbond substituents is 1. The van der Waals surface area contributed by atoms with Crippen LogP contribution < -0.4 is 5.32 Å². The molecule has 0 amide bonds. The van der Waals surface area contributed by atoms with E-state index < -0.39 is 0 Å². The van der Waals surface area contributed by atoms with Gasteiger partial charge in [0, 0.05) is 29.2 Å². The smallest absolute Gasteiger partial charge is 0.229 e. The summed E-state index contributed by atoms with van der Waals surface area (Å²) in [5.74, 6) is 0.732. The molecule has 2 N–H and O–H groups in total. The van der Waals surface area contributed by atoms with Gasteiger partial charge < -0.3 is 10.4 Å². The second kappa shape index (κ2) is 7.32. The van der Waals surface area contributed by atoms with Gasteiger partial charge in [-0.2, -0.15) is 0 Å². The lowest BCUT2D eigenvalue weighted by Crippen LogP contribution is -2.45. The number of halogens is 1. The predicted molar refractivity (Wildman–Crippen MR) is 106 cm³/mol. The number of aromatic hydroxyl groups is 1. The number of nitrogens with one attached hydrogen (secondary N) is 1. The van der Waals surface area contributed by atoms with E-state index in [-0.39, 0.29) is 5.75 Å². The van der Waals surface area contributed by atoms with Gasteiger partial charge in [-0.15, -0.1) is 10.2 Å². The Hall–Kier alpha value is -2.38. The molecule has 1 saturated heterocycles. The van der Waals surface area contributed by atoms with Crippen molar-refractivity contribution in [3.05, 3.63) is 35.7 Å². The minimum Gasteiger partial charge on any atom is -0.507 e. The summed E-state index contributed by atoms with van der Waals surface area (Å²) in [6, 6.07) is 5.81. The molecule has 1 aliphatic heterocycles. The van der Waals surface area contributed by atoms with E-state index >= 15 is 0 Å². The lowest BCUT2D eigenvalue weighted by molar-refractivity contribution is 0.174. The second-order valence-corrected chi connectivity index (χ2v) is 7.69. The number of aromatic nitrogens is 4. The summed E-state index contributed by atoms with van der Waals surface area (Å²) in [5.41, 5.74) is 1.92. The maximum Gasteiger partial charge on any atom is 0.229 e. The minimum absolute atomic E-state index is 0.0699. The zero-order chi connectivity index (χ0) is 19.0. The number of nitrogens with zero attached hydrogens (tertiary/aromatic N) is 5. The normalized spacial score (nSPS) is 18.3. The number of piperidine rings is 1. The number of phenols is 1. The van der Waals surface area contributed by atoms with Crippen molar-refractivity contribution >= 4 is 23.1 Å². The summed E-state index contributed by atoms with van der Waals surface area (Å²) < 4.78 is 1.88. The van der Waals surface area contributed by atoms with E-state index in [1.165, 1.54) is 6.07 Å². The van der Waals surface area contributed by atoms with Crippen molar-refractivity contribution in [1.29, 1.82) is 0 Å². The summed E-state index contributed by atoms with van der Waals surface area (Å²) in [4.78, 5) is 6.73. The number of anilines is 1. The second-order valence-electron chi connectivity index (χ2n) is 7.25. The predicted octanol–water partition coefficient (Wildman–Crippen LogP) is 3.44. The van der Waals surface area contributed by atoms with Gasteiger partial charge in [0.25, 0.3) is 0 Å². The summed E-state index contributed by atoms with van der Waals surface area (Å²) in [5, 5.41) is 23.0. The highest BCUT2D eigenvalue weighted by Gasteiger charge is 2.23. The highest BCUT2D eigenvalue weighted by molar-refractivity contribution is 6.30. The largest absolute Gasteiger partial charge is 0.507 e. The molecule has 4 rings (SSSR count). The first-order valence-electron chi connectivity index (χ1n) is 9.21. The van der Waals surface area contributed by atoms with Gasteiger partial charge in [-0.3, -0.25) is 9.30 Å². The molecule has 0 saturated carbocycles. The van der Waals surface area contributed by atoms with Gasteiger partial charge in [0.15, 0.2) is 0 Å². The zero-order valence-corrected chi connectivity index (χ0v) is 16.2. The third-order valence-corrected chi connectivity index (χ3v) is 5.32. The fourth-order valence-electron chi connectivity index (χ4n) is 3.61. The molecule has 2 aromatic heterocycles. The van der Waals surface area contributed by atoms with Crippen LogP contribution in [-0.2, 0) is 0 Å². The van der Waals surface area contributed by atoms with Crippen LogP contribution in [0.3, 0.4) is 0 Å². The van der Waals surface area contributed by atoms with Gasteiger partial charge in [0.1, 0.15) is 17.8 Å². The number of likely N-dealkylation sites (tertiary alicyclic amines) is 1. The summed E-state index contributed by atoms with van der Waals surface area (Å²) >= 11 is 5.94. The molecule has 0 unspecified atom stereocenters. The fourth-order valence-corrected chi connectivity index (χ4v) is 3.77. The standard InChI is InChI=1S/C19H23ClN6O/c1-12(2)25-7-3-4-14(10-25)22-19-24-23-18(16-9-21-11-26(16)19)15-6-5-13(20)8-17(15)27/h5-6,8-9,11-12,14,27H,3-4,7,10H2,1-2H3,(H,22,24)/t14-/m1/s1. The van der Waals surface area contributed by atoms with E-state index in [1.54, 1.807) is 24.7 Å². The van der Waals surface area contributed by atoms with Gasteiger partial charge in [-0.1, -0.05) is 11.6 Å². The number of imidazole rings is 1. The molecule has 142 valence electrons. The van der Waals surface area contributed by atoms with Gasteiger partial charge in [-0.25, -0.2) is 4.98 Å². The van der Waals surface area contributed by atoms with Crippen molar-refractivity contribution in [3.63, 3.8) is 0 Å². The van der Waals surface area contributed by atoms with E-state index in [0.717, 1.165) is 31.4 Å². The highest BCUT2D eigenvalue weighted by Crippen LogP contribution is 2.33. The van der Waals surface area contributed by atoms with Crippen LogP contribution >= 0.6 is 11.6 Å². The van der Waals surface area contributed by atoms with Crippen molar-refractivity contribution in [2.24, 2.45) is 0 Å². The molecule has 1 atom stereocenters. The maximum absolute atomic E-state index is 10.3. The number of benzene rings is 1. The average molecular weight is 387 g/mol. The van der Waals surface area contributed by atoms with Crippen LogP contribution in [0.15, 0.2) is 30.7 Å². The Labute approximate surface area is 163 Å². The van der Waals surface area contributed by atoms with Crippen molar-refractivity contribution in [3.8, 4) is 17.0 Å². The van der Waals surface area contributed by atoms with Crippen molar-refractivity contribution in [2.75, 3.05) is 18.4 Å². The number of rotatable bonds is 4. The first kappa shape index (κ1) is 18.0. The Morgan fingerprint density at radius 3 is 2.93 bits per heavy atom. The molecule has 0 spiro atoms. The Morgan fingerprint density at radius 1 is 1.30 bits per heavy atom. The molecule has 0 bridgehead atoms. The Morgan fingerprint density at radius 2 is 2.15 bits per heavy atom. The Bertz CT molecular complexity index is 957. The average Bonchev–Trinajstić information content (AvgIpc) is 3.13. The molecular formula is C19H23ClN6O. The monoisotopic (exact) mass is 386 g/mol. The third-order valence-electron chi connectivity index (χ3n) is 5.09. The van der Waals surface area contributed by atoms with E-state index in [4.69, 9.17) is 11.6 Å². The molecule has 27 heavy (non-hydrogen) atoms. The Kier molecular flexibility index (Phi) is 4.88. The first-order valence-corrected chi connectivity index (χ1v) is 9.59. The summed E-state index contributed by atoms with van der Waals surface area (Å²) in [7, 11) is 0. The van der Waals surface area contributed by atoms with Gasteiger partial charge >= 0.3 is 0 Å². The number of hydrogen-bond acceptors (Lipinski definition) is 6. The van der Waals surface area contributed by atoms with Crippen LogP contribution in [0, 0.1) is 0 Å². The topological polar surface area (TPSA) is 78.6 Å². The van der Waals surface area contributed by atoms with Gasteiger partial charge in [0.05, 0.1) is 11.7 Å². The molecule has 8 heteroatoms. The lowest BCUT2D eigenvalue weighted by atomic mass is 10.0. The summed E-state index contributed by atoms with van der Waals surface area (Å²) in [6.07, 6.45) is 5.70. The molecule has 3 aromatic rings. The van der Waals surface area contributed by atoms with Crippen LogP contribution in [0.2, 0.25) is 5.02 Å².